The number of halogens is 2. The number of benzene rings is 2. The molecule has 0 fully saturated rings. The van der Waals surface area contributed by atoms with Crippen molar-refractivity contribution in [3.05, 3.63) is 63.9 Å². The minimum atomic E-state index is -0.263. The summed E-state index contributed by atoms with van der Waals surface area (Å²) in [5.74, 6) is 0.430. The molecule has 0 saturated heterocycles. The van der Waals surface area contributed by atoms with Gasteiger partial charge in [-0.05, 0) is 58.1 Å². The molecule has 0 N–H and O–H groups in total. The smallest absolute Gasteiger partial charge is 0.134 e. The van der Waals surface area contributed by atoms with Crippen molar-refractivity contribution < 1.29 is 9.13 Å². The molecule has 3 heteroatoms. The third-order valence-electron chi connectivity index (χ3n) is 3.24. The van der Waals surface area contributed by atoms with Crippen molar-refractivity contribution in [2.24, 2.45) is 0 Å². The van der Waals surface area contributed by atoms with Gasteiger partial charge in [0.05, 0.1) is 4.47 Å². The molecule has 3 rings (SSSR count). The molecule has 0 amide bonds. The highest BCUT2D eigenvalue weighted by atomic mass is 79.9. The van der Waals surface area contributed by atoms with Crippen LogP contribution in [0.2, 0.25) is 0 Å². The Morgan fingerprint density at radius 2 is 2.00 bits per heavy atom. The summed E-state index contributed by atoms with van der Waals surface area (Å²) in [6, 6.07) is 12.8. The molecule has 0 unspecified atom stereocenters. The lowest BCUT2D eigenvalue weighted by Gasteiger charge is -2.16. The van der Waals surface area contributed by atoms with Crippen LogP contribution < -0.4 is 4.74 Å². The lowest BCUT2D eigenvalue weighted by Crippen LogP contribution is -2.03. The van der Waals surface area contributed by atoms with Gasteiger partial charge in [-0.2, -0.15) is 0 Å². The number of hydrogen-bond donors (Lipinski definition) is 0. The number of ether oxygens (including phenoxy) is 1. The maximum absolute atomic E-state index is 13.0. The summed E-state index contributed by atoms with van der Waals surface area (Å²) >= 11 is 3.33. The Balaban J connectivity index is 1.86. The van der Waals surface area contributed by atoms with Crippen molar-refractivity contribution in [3.63, 3.8) is 0 Å². The molecule has 1 aliphatic rings. The molecule has 0 aliphatic heterocycles. The van der Waals surface area contributed by atoms with Crippen molar-refractivity contribution in [2.75, 3.05) is 0 Å². The average molecular weight is 307 g/mol. The van der Waals surface area contributed by atoms with E-state index in [1.165, 1.54) is 23.3 Å². The standard InChI is InChI=1S/C15H12BrFO/c16-13-9-11(17)6-8-15(13)18-14-7-5-10-3-1-2-4-12(10)14/h1-4,6,8-9,14H,5,7H2/t14-/m0/s1. The normalized spacial score (nSPS) is 17.6. The molecule has 1 atom stereocenters. The first-order valence-electron chi connectivity index (χ1n) is 5.93. The van der Waals surface area contributed by atoms with Gasteiger partial charge in [0.2, 0.25) is 0 Å². The van der Waals surface area contributed by atoms with Crippen LogP contribution in [0.4, 0.5) is 4.39 Å². The maximum atomic E-state index is 13.0. The van der Waals surface area contributed by atoms with Gasteiger partial charge in [-0.25, -0.2) is 4.39 Å². The molecular formula is C15H12BrFO. The van der Waals surface area contributed by atoms with Crippen LogP contribution in [-0.2, 0) is 6.42 Å². The van der Waals surface area contributed by atoms with Crippen molar-refractivity contribution in [3.8, 4) is 5.75 Å². The van der Waals surface area contributed by atoms with E-state index in [0.29, 0.717) is 10.2 Å². The number of fused-ring (bicyclic) bond motifs is 1. The Bertz CT molecular complexity index is 582. The van der Waals surface area contributed by atoms with E-state index >= 15 is 0 Å². The van der Waals surface area contributed by atoms with Gasteiger partial charge >= 0.3 is 0 Å². The Morgan fingerprint density at radius 1 is 1.17 bits per heavy atom. The second-order valence-corrected chi connectivity index (χ2v) is 5.27. The molecule has 2 aromatic rings. The van der Waals surface area contributed by atoms with Crippen LogP contribution in [0.25, 0.3) is 0 Å². The Morgan fingerprint density at radius 3 is 2.83 bits per heavy atom. The number of hydrogen-bond acceptors (Lipinski definition) is 1. The van der Waals surface area contributed by atoms with Crippen LogP contribution in [0, 0.1) is 5.82 Å². The zero-order valence-corrected chi connectivity index (χ0v) is 11.3. The van der Waals surface area contributed by atoms with Gasteiger partial charge in [0.25, 0.3) is 0 Å². The zero-order valence-electron chi connectivity index (χ0n) is 9.70. The molecule has 1 nitrogen and oxygen atoms in total. The molecule has 18 heavy (non-hydrogen) atoms. The van der Waals surface area contributed by atoms with E-state index < -0.39 is 0 Å². The first-order chi connectivity index (χ1) is 8.74. The Hall–Kier alpha value is -1.35. The highest BCUT2D eigenvalue weighted by Gasteiger charge is 2.24. The van der Waals surface area contributed by atoms with Crippen molar-refractivity contribution in [1.29, 1.82) is 0 Å². The van der Waals surface area contributed by atoms with Crippen molar-refractivity contribution in [1.82, 2.24) is 0 Å². The van der Waals surface area contributed by atoms with Crippen LogP contribution in [0.15, 0.2) is 46.9 Å². The quantitative estimate of drug-likeness (QED) is 0.784. The molecule has 0 heterocycles. The molecule has 2 aromatic carbocycles. The summed E-state index contributed by atoms with van der Waals surface area (Å²) in [5, 5.41) is 0. The topological polar surface area (TPSA) is 9.23 Å². The van der Waals surface area contributed by atoms with Crippen LogP contribution >= 0.6 is 15.9 Å². The number of aryl methyl sites for hydroxylation is 1. The minimum absolute atomic E-state index is 0.0722. The van der Waals surface area contributed by atoms with Crippen LogP contribution in [0.5, 0.6) is 5.75 Å². The summed E-state index contributed by atoms with van der Waals surface area (Å²) in [5.41, 5.74) is 2.59. The fourth-order valence-electron chi connectivity index (χ4n) is 2.36. The maximum Gasteiger partial charge on any atom is 0.134 e. The fourth-order valence-corrected chi connectivity index (χ4v) is 2.81. The lowest BCUT2D eigenvalue weighted by atomic mass is 10.1. The summed E-state index contributed by atoms with van der Waals surface area (Å²) in [4.78, 5) is 0. The monoisotopic (exact) mass is 306 g/mol. The first kappa shape index (κ1) is 11.7. The van der Waals surface area contributed by atoms with Crippen LogP contribution in [0.1, 0.15) is 23.7 Å². The predicted octanol–water partition coefficient (Wildman–Crippen LogP) is 4.65. The lowest BCUT2D eigenvalue weighted by molar-refractivity contribution is 0.206. The first-order valence-corrected chi connectivity index (χ1v) is 6.73. The zero-order chi connectivity index (χ0) is 12.5. The highest BCUT2D eigenvalue weighted by Crippen LogP contribution is 2.37. The third kappa shape index (κ3) is 2.15. The van der Waals surface area contributed by atoms with E-state index in [2.05, 4.69) is 34.1 Å². The van der Waals surface area contributed by atoms with Gasteiger partial charge < -0.3 is 4.74 Å². The van der Waals surface area contributed by atoms with Crippen LogP contribution in [-0.4, -0.2) is 0 Å². The summed E-state index contributed by atoms with van der Waals surface area (Å²) in [6.45, 7) is 0. The van der Waals surface area contributed by atoms with E-state index in [1.54, 1.807) is 6.07 Å². The van der Waals surface area contributed by atoms with Crippen molar-refractivity contribution >= 4 is 15.9 Å². The highest BCUT2D eigenvalue weighted by molar-refractivity contribution is 9.10. The van der Waals surface area contributed by atoms with Gasteiger partial charge in [-0.15, -0.1) is 0 Å². The molecule has 0 saturated carbocycles. The molecule has 92 valence electrons. The van der Waals surface area contributed by atoms with Gasteiger partial charge in [-0.3, -0.25) is 0 Å². The van der Waals surface area contributed by atoms with E-state index in [4.69, 9.17) is 4.74 Å². The van der Waals surface area contributed by atoms with Gasteiger partial charge in [0.1, 0.15) is 17.7 Å². The average Bonchev–Trinajstić information content (AvgIpc) is 2.76. The second-order valence-electron chi connectivity index (χ2n) is 4.42. The molecule has 0 radical (unpaired) electrons. The Labute approximate surface area is 114 Å². The van der Waals surface area contributed by atoms with Crippen molar-refractivity contribution in [2.45, 2.75) is 18.9 Å². The van der Waals surface area contributed by atoms with Gasteiger partial charge in [0.15, 0.2) is 0 Å². The molecule has 1 aliphatic carbocycles. The second kappa shape index (κ2) is 4.73. The Kier molecular flexibility index (Phi) is 3.08. The van der Waals surface area contributed by atoms with E-state index in [-0.39, 0.29) is 11.9 Å². The molecule has 0 bridgehead atoms. The molecule has 0 aromatic heterocycles. The van der Waals surface area contributed by atoms with Gasteiger partial charge in [0, 0.05) is 0 Å². The minimum Gasteiger partial charge on any atom is -0.485 e. The largest absolute Gasteiger partial charge is 0.485 e. The van der Waals surface area contributed by atoms with E-state index in [9.17, 15) is 4.39 Å². The van der Waals surface area contributed by atoms with Crippen LogP contribution in [0.3, 0.4) is 0 Å². The number of rotatable bonds is 2. The summed E-state index contributed by atoms with van der Waals surface area (Å²) in [6.07, 6.45) is 2.09. The predicted molar refractivity (Wildman–Crippen MR) is 72.2 cm³/mol. The van der Waals surface area contributed by atoms with E-state index in [0.717, 1.165) is 12.8 Å². The summed E-state index contributed by atoms with van der Waals surface area (Å²) in [7, 11) is 0. The van der Waals surface area contributed by atoms with E-state index in [1.807, 2.05) is 6.07 Å². The third-order valence-corrected chi connectivity index (χ3v) is 3.86. The summed E-state index contributed by atoms with van der Waals surface area (Å²) < 4.78 is 19.6. The molecule has 0 spiro atoms. The molecular weight excluding hydrogens is 295 g/mol. The SMILES string of the molecule is Fc1ccc(O[C@H]2CCc3ccccc32)c(Br)c1. The fraction of sp³-hybridized carbons (Fsp3) is 0.200. The van der Waals surface area contributed by atoms with Gasteiger partial charge in [-0.1, -0.05) is 24.3 Å².